The van der Waals surface area contributed by atoms with E-state index in [9.17, 15) is 9.59 Å². The number of aromatic nitrogens is 1. The second-order valence-corrected chi connectivity index (χ2v) is 10.0. The number of benzene rings is 3. The average molecular weight is 502 g/mol. The Morgan fingerprint density at radius 3 is 2.42 bits per heavy atom. The molecular formula is C29H31N3O3S. The van der Waals surface area contributed by atoms with Crippen molar-refractivity contribution in [3.63, 3.8) is 0 Å². The number of fused-ring (bicyclic) bond motifs is 1. The van der Waals surface area contributed by atoms with Crippen LogP contribution in [0.15, 0.2) is 82.0 Å². The number of hydrogen-bond donors (Lipinski definition) is 1. The molecule has 6 nitrogen and oxygen atoms in total. The van der Waals surface area contributed by atoms with Crippen LogP contribution in [-0.4, -0.2) is 46.8 Å². The van der Waals surface area contributed by atoms with Crippen molar-refractivity contribution in [1.82, 2.24) is 9.47 Å². The van der Waals surface area contributed by atoms with E-state index >= 15 is 0 Å². The van der Waals surface area contributed by atoms with Crippen LogP contribution in [0.4, 0.5) is 5.69 Å². The van der Waals surface area contributed by atoms with Crippen LogP contribution < -0.4 is 10.7 Å². The van der Waals surface area contributed by atoms with Gasteiger partial charge in [-0.15, -0.1) is 0 Å². The topological polar surface area (TPSA) is 58.7 Å². The molecule has 0 bridgehead atoms. The van der Waals surface area contributed by atoms with Crippen LogP contribution in [0.1, 0.15) is 30.1 Å². The van der Waals surface area contributed by atoms with Gasteiger partial charge >= 0.3 is 5.76 Å². The Kier molecular flexibility index (Phi) is 7.30. The van der Waals surface area contributed by atoms with Crippen LogP contribution in [0.5, 0.6) is 0 Å². The second-order valence-electron chi connectivity index (χ2n) is 9.32. The van der Waals surface area contributed by atoms with E-state index in [4.69, 9.17) is 4.42 Å². The third-order valence-corrected chi connectivity index (χ3v) is 7.42. The first-order chi connectivity index (χ1) is 17.5. The van der Waals surface area contributed by atoms with E-state index in [0.717, 1.165) is 49.4 Å². The van der Waals surface area contributed by atoms with E-state index in [2.05, 4.69) is 71.0 Å². The first-order valence-electron chi connectivity index (χ1n) is 12.5. The van der Waals surface area contributed by atoms with E-state index < -0.39 is 5.76 Å². The molecule has 5 rings (SSSR count). The highest BCUT2D eigenvalue weighted by atomic mass is 32.1. The first-order valence-corrected chi connectivity index (χ1v) is 13.0. The fourth-order valence-corrected chi connectivity index (χ4v) is 4.99. The summed E-state index contributed by atoms with van der Waals surface area (Å²) in [5.74, 6) is -0.906. The maximum atomic E-state index is 12.8. The molecule has 0 radical (unpaired) electrons. The van der Waals surface area contributed by atoms with Crippen molar-refractivity contribution >= 4 is 35.3 Å². The third kappa shape index (κ3) is 5.13. The highest BCUT2D eigenvalue weighted by Gasteiger charge is 2.24. The largest absolute Gasteiger partial charge is 0.426 e. The molecule has 0 N–H and O–H groups in total. The number of carbonyl (C=O) groups excluding carboxylic acids is 1. The molecule has 1 aromatic heterocycles. The van der Waals surface area contributed by atoms with Gasteiger partial charge < -0.3 is 9.32 Å². The number of rotatable bonds is 7. The molecular weight excluding hydrogens is 470 g/mol. The Balaban J connectivity index is 1.29. The number of oxazole rings is 1. The molecule has 0 saturated carbocycles. The van der Waals surface area contributed by atoms with Crippen LogP contribution in [0, 0.1) is 0 Å². The van der Waals surface area contributed by atoms with Crippen molar-refractivity contribution in [2.75, 3.05) is 31.1 Å². The van der Waals surface area contributed by atoms with Crippen LogP contribution >= 0.6 is 12.6 Å². The van der Waals surface area contributed by atoms with Crippen molar-refractivity contribution in [2.45, 2.75) is 31.6 Å². The Morgan fingerprint density at radius 1 is 0.944 bits per heavy atom. The zero-order valence-electron chi connectivity index (χ0n) is 20.5. The molecule has 1 unspecified atom stereocenters. The van der Waals surface area contributed by atoms with Gasteiger partial charge in [0.1, 0.15) is 5.52 Å². The predicted molar refractivity (Wildman–Crippen MR) is 148 cm³/mol. The Labute approximate surface area is 216 Å². The molecule has 186 valence electrons. The summed E-state index contributed by atoms with van der Waals surface area (Å²) in [4.78, 5) is 30.0. The lowest BCUT2D eigenvalue weighted by molar-refractivity contribution is 0.0898. The smallest absolute Gasteiger partial charge is 0.405 e. The zero-order valence-corrected chi connectivity index (χ0v) is 21.4. The van der Waals surface area contributed by atoms with Gasteiger partial charge in [0, 0.05) is 44.4 Å². The van der Waals surface area contributed by atoms with Crippen LogP contribution in [-0.2, 0) is 6.54 Å². The van der Waals surface area contributed by atoms with Gasteiger partial charge in [-0.05, 0) is 41.3 Å². The van der Waals surface area contributed by atoms with Gasteiger partial charge in [-0.1, -0.05) is 61.5 Å². The third-order valence-electron chi connectivity index (χ3n) is 6.87. The lowest BCUT2D eigenvalue weighted by atomic mass is 10.0. The van der Waals surface area contributed by atoms with Crippen molar-refractivity contribution in [2.24, 2.45) is 0 Å². The summed E-state index contributed by atoms with van der Waals surface area (Å²) < 4.78 is 6.76. The standard InChI is InChI=1S/C29H31N3O3S/c1-2-24(36)19-27(33)32-26-13-7-12-25(28(26)35-29(32)34)31-16-14-30(15-17-31)20-21-8-6-11-23(18-21)22-9-4-3-5-10-22/h3-13,18,24,36H,2,14-17,19-20H2,1H3. The van der Waals surface area contributed by atoms with E-state index in [-0.39, 0.29) is 17.6 Å². The summed E-state index contributed by atoms with van der Waals surface area (Å²) in [7, 11) is 0. The monoisotopic (exact) mass is 501 g/mol. The minimum Gasteiger partial charge on any atom is -0.405 e. The molecule has 0 aliphatic carbocycles. The lowest BCUT2D eigenvalue weighted by Crippen LogP contribution is -2.46. The summed E-state index contributed by atoms with van der Waals surface area (Å²) in [5, 5.41) is -0.0843. The number of para-hydroxylation sites is 1. The van der Waals surface area contributed by atoms with Gasteiger partial charge in [-0.25, -0.2) is 9.36 Å². The second kappa shape index (κ2) is 10.8. The number of hydrogen-bond acceptors (Lipinski definition) is 6. The van der Waals surface area contributed by atoms with Crippen molar-refractivity contribution < 1.29 is 9.21 Å². The molecule has 0 spiro atoms. The molecule has 7 heteroatoms. The molecule has 36 heavy (non-hydrogen) atoms. The van der Waals surface area contributed by atoms with E-state index in [1.165, 1.54) is 16.7 Å². The predicted octanol–water partition coefficient (Wildman–Crippen LogP) is 5.32. The molecule has 4 aromatic rings. The molecule has 3 aromatic carbocycles. The van der Waals surface area contributed by atoms with Gasteiger partial charge in [0.05, 0.1) is 5.69 Å². The lowest BCUT2D eigenvalue weighted by Gasteiger charge is -2.36. The minimum absolute atomic E-state index is 0.0843. The van der Waals surface area contributed by atoms with Crippen LogP contribution in [0.25, 0.3) is 22.2 Å². The highest BCUT2D eigenvalue weighted by Crippen LogP contribution is 2.28. The van der Waals surface area contributed by atoms with Crippen molar-refractivity contribution in [3.05, 3.63) is 88.9 Å². The number of anilines is 1. The van der Waals surface area contributed by atoms with Crippen molar-refractivity contribution in [3.8, 4) is 11.1 Å². The van der Waals surface area contributed by atoms with E-state index in [0.29, 0.717) is 11.1 Å². The molecule has 1 saturated heterocycles. The van der Waals surface area contributed by atoms with Gasteiger partial charge in [0.2, 0.25) is 5.91 Å². The number of nitrogens with zero attached hydrogens (tertiary/aromatic N) is 3. The summed E-state index contributed by atoms with van der Waals surface area (Å²) in [6.45, 7) is 6.28. The van der Waals surface area contributed by atoms with Gasteiger partial charge in [0.25, 0.3) is 0 Å². The molecule has 1 aliphatic rings. The maximum absolute atomic E-state index is 12.8. The number of piperazine rings is 1. The highest BCUT2D eigenvalue weighted by molar-refractivity contribution is 7.81. The Bertz CT molecular complexity index is 1400. The zero-order chi connectivity index (χ0) is 25.1. The maximum Gasteiger partial charge on any atom is 0.426 e. The first kappa shape index (κ1) is 24.4. The molecule has 1 fully saturated rings. The fraction of sp³-hybridized carbons (Fsp3) is 0.310. The van der Waals surface area contributed by atoms with Gasteiger partial charge in [0.15, 0.2) is 5.58 Å². The minimum atomic E-state index is -0.629. The SMILES string of the molecule is CCC(S)CC(=O)n1c(=O)oc2c(N3CCN(Cc4cccc(-c5ccccc5)c4)CC3)cccc21. The van der Waals surface area contributed by atoms with E-state index in [1.54, 1.807) is 6.07 Å². The fourth-order valence-electron chi connectivity index (χ4n) is 4.83. The Morgan fingerprint density at radius 2 is 1.67 bits per heavy atom. The number of carbonyl (C=O) groups is 1. The summed E-state index contributed by atoms with van der Waals surface area (Å²) in [5.41, 5.74) is 5.62. The van der Waals surface area contributed by atoms with Crippen LogP contribution in [0.3, 0.4) is 0 Å². The van der Waals surface area contributed by atoms with Gasteiger partial charge in [-0.3, -0.25) is 9.69 Å². The summed E-state index contributed by atoms with van der Waals surface area (Å²) >= 11 is 4.42. The van der Waals surface area contributed by atoms with Gasteiger partial charge in [-0.2, -0.15) is 12.6 Å². The number of thiol groups is 1. The summed E-state index contributed by atoms with van der Waals surface area (Å²) in [6.07, 6.45) is 0.952. The van der Waals surface area contributed by atoms with Crippen molar-refractivity contribution in [1.29, 1.82) is 0 Å². The quantitative estimate of drug-likeness (QED) is 0.347. The molecule has 0 amide bonds. The van der Waals surface area contributed by atoms with E-state index in [1.807, 2.05) is 25.1 Å². The molecule has 1 atom stereocenters. The Hall–Kier alpha value is -3.29. The average Bonchev–Trinajstić information content (AvgIpc) is 3.25. The van der Waals surface area contributed by atoms with Crippen LogP contribution in [0.2, 0.25) is 0 Å². The molecule has 1 aliphatic heterocycles. The molecule has 2 heterocycles. The normalized spacial score (nSPS) is 15.3. The summed E-state index contributed by atoms with van der Waals surface area (Å²) in [6, 6.07) is 24.8.